The predicted octanol–water partition coefficient (Wildman–Crippen LogP) is 1.17. The van der Waals surface area contributed by atoms with E-state index in [1.165, 1.54) is 0 Å². The summed E-state index contributed by atoms with van der Waals surface area (Å²) < 4.78 is 0.0472. The van der Waals surface area contributed by atoms with Gasteiger partial charge in [0.05, 0.1) is 10.9 Å². The van der Waals surface area contributed by atoms with Gasteiger partial charge in [-0.1, -0.05) is 12.2 Å². The third-order valence-corrected chi connectivity index (χ3v) is 3.66. The minimum atomic E-state index is -0.386. The average Bonchev–Trinajstić information content (AvgIpc) is 2.13. The molecule has 0 rings (SSSR count). The Bertz CT molecular complexity index is 229. The van der Waals surface area contributed by atoms with Crippen LogP contribution in [0.1, 0.15) is 20.8 Å². The summed E-state index contributed by atoms with van der Waals surface area (Å²) >= 11 is 6.45. The van der Waals surface area contributed by atoms with Crippen LogP contribution in [0.4, 0.5) is 0 Å². The standard InChI is InChI=1S/C9H18N2OS2/c1-6(7(10)13)8(12)11-5-9(2,3)14-4/h6H,5H2,1-4H3,(H2,10,13)(H,11,12). The zero-order valence-corrected chi connectivity index (χ0v) is 10.7. The fourth-order valence-electron chi connectivity index (χ4n) is 0.654. The third-order valence-electron chi connectivity index (χ3n) is 2.06. The highest BCUT2D eigenvalue weighted by atomic mass is 32.2. The first kappa shape index (κ1) is 13.7. The van der Waals surface area contributed by atoms with Crippen LogP contribution in [-0.2, 0) is 4.79 Å². The fourth-order valence-corrected chi connectivity index (χ4v) is 0.978. The maximum absolute atomic E-state index is 11.5. The lowest BCUT2D eigenvalue weighted by atomic mass is 10.1. The molecule has 0 saturated carbocycles. The van der Waals surface area contributed by atoms with E-state index in [2.05, 4.69) is 19.2 Å². The zero-order valence-electron chi connectivity index (χ0n) is 9.09. The molecule has 0 aromatic carbocycles. The Balaban J connectivity index is 4.03. The van der Waals surface area contributed by atoms with Crippen molar-refractivity contribution in [3.05, 3.63) is 0 Å². The maximum Gasteiger partial charge on any atom is 0.229 e. The first-order valence-electron chi connectivity index (χ1n) is 4.42. The van der Waals surface area contributed by atoms with Gasteiger partial charge in [0.1, 0.15) is 0 Å². The van der Waals surface area contributed by atoms with E-state index in [0.717, 1.165) is 0 Å². The normalized spacial score (nSPS) is 13.4. The van der Waals surface area contributed by atoms with Crippen LogP contribution in [-0.4, -0.2) is 28.4 Å². The Morgan fingerprint density at radius 3 is 2.50 bits per heavy atom. The van der Waals surface area contributed by atoms with Gasteiger partial charge in [-0.05, 0) is 27.0 Å². The smallest absolute Gasteiger partial charge is 0.229 e. The maximum atomic E-state index is 11.5. The molecule has 5 heteroatoms. The van der Waals surface area contributed by atoms with E-state index in [1.807, 2.05) is 6.26 Å². The molecule has 0 aliphatic carbocycles. The van der Waals surface area contributed by atoms with Crippen molar-refractivity contribution < 1.29 is 4.79 Å². The minimum Gasteiger partial charge on any atom is -0.393 e. The number of hydrogen-bond acceptors (Lipinski definition) is 3. The molecule has 0 heterocycles. The largest absolute Gasteiger partial charge is 0.393 e. The van der Waals surface area contributed by atoms with Gasteiger partial charge in [-0.2, -0.15) is 11.8 Å². The van der Waals surface area contributed by atoms with Crippen molar-refractivity contribution in [1.29, 1.82) is 0 Å². The van der Waals surface area contributed by atoms with Gasteiger partial charge < -0.3 is 11.1 Å². The number of amides is 1. The summed E-state index contributed by atoms with van der Waals surface area (Å²) in [4.78, 5) is 11.7. The molecule has 0 aromatic heterocycles. The summed E-state index contributed by atoms with van der Waals surface area (Å²) in [7, 11) is 0. The van der Waals surface area contributed by atoms with Crippen LogP contribution in [0.15, 0.2) is 0 Å². The number of thiocarbonyl (C=S) groups is 1. The second-order valence-electron chi connectivity index (χ2n) is 3.81. The van der Waals surface area contributed by atoms with Crippen molar-refractivity contribution in [1.82, 2.24) is 5.32 Å². The molecule has 3 nitrogen and oxygen atoms in total. The van der Waals surface area contributed by atoms with Gasteiger partial charge in [-0.15, -0.1) is 0 Å². The molecule has 0 spiro atoms. The highest BCUT2D eigenvalue weighted by molar-refractivity contribution is 7.99. The number of carbonyl (C=O) groups excluding carboxylic acids is 1. The molecule has 0 saturated heterocycles. The Morgan fingerprint density at radius 1 is 1.64 bits per heavy atom. The molecule has 14 heavy (non-hydrogen) atoms. The van der Waals surface area contributed by atoms with Gasteiger partial charge in [0.2, 0.25) is 5.91 Å². The lowest BCUT2D eigenvalue weighted by Gasteiger charge is -2.23. The average molecular weight is 234 g/mol. The van der Waals surface area contributed by atoms with Crippen LogP contribution in [0.5, 0.6) is 0 Å². The van der Waals surface area contributed by atoms with Gasteiger partial charge in [0, 0.05) is 11.3 Å². The Kier molecular flexibility index (Phi) is 5.44. The topological polar surface area (TPSA) is 55.1 Å². The SMILES string of the molecule is CSC(C)(C)CNC(=O)C(C)C(N)=S. The zero-order chi connectivity index (χ0) is 11.4. The highest BCUT2D eigenvalue weighted by Gasteiger charge is 2.20. The van der Waals surface area contributed by atoms with Gasteiger partial charge in [-0.25, -0.2) is 0 Å². The van der Waals surface area contributed by atoms with E-state index in [1.54, 1.807) is 18.7 Å². The monoisotopic (exact) mass is 234 g/mol. The van der Waals surface area contributed by atoms with Crippen molar-refractivity contribution >= 4 is 34.9 Å². The molecular formula is C9H18N2OS2. The van der Waals surface area contributed by atoms with E-state index in [0.29, 0.717) is 6.54 Å². The van der Waals surface area contributed by atoms with E-state index >= 15 is 0 Å². The quantitative estimate of drug-likeness (QED) is 0.701. The van der Waals surface area contributed by atoms with Gasteiger partial charge in [0.25, 0.3) is 0 Å². The molecule has 1 unspecified atom stereocenters. The fraction of sp³-hybridized carbons (Fsp3) is 0.778. The molecule has 0 radical (unpaired) electrons. The van der Waals surface area contributed by atoms with Gasteiger partial charge >= 0.3 is 0 Å². The Hall–Kier alpha value is -0.290. The number of rotatable bonds is 5. The molecule has 1 amide bonds. The number of nitrogens with one attached hydrogen (secondary N) is 1. The molecule has 0 aliphatic rings. The lowest BCUT2D eigenvalue weighted by molar-refractivity contribution is -0.122. The Labute approximate surface area is 95.2 Å². The van der Waals surface area contributed by atoms with Crippen molar-refractivity contribution in [3.63, 3.8) is 0 Å². The van der Waals surface area contributed by atoms with E-state index in [-0.39, 0.29) is 21.6 Å². The van der Waals surface area contributed by atoms with Crippen LogP contribution < -0.4 is 11.1 Å². The summed E-state index contributed by atoms with van der Waals surface area (Å²) in [5.41, 5.74) is 5.37. The summed E-state index contributed by atoms with van der Waals surface area (Å²) in [5, 5.41) is 2.83. The van der Waals surface area contributed by atoms with E-state index in [9.17, 15) is 4.79 Å². The summed E-state index contributed by atoms with van der Waals surface area (Å²) in [6.07, 6.45) is 2.02. The lowest BCUT2D eigenvalue weighted by Crippen LogP contribution is -2.41. The number of nitrogens with two attached hydrogens (primary N) is 1. The van der Waals surface area contributed by atoms with Crippen molar-refractivity contribution in [2.24, 2.45) is 11.7 Å². The van der Waals surface area contributed by atoms with Crippen molar-refractivity contribution in [2.45, 2.75) is 25.5 Å². The van der Waals surface area contributed by atoms with Crippen molar-refractivity contribution in [2.75, 3.05) is 12.8 Å². The second-order valence-corrected chi connectivity index (χ2v) is 5.79. The number of carbonyl (C=O) groups is 1. The predicted molar refractivity (Wildman–Crippen MR) is 66.6 cm³/mol. The number of hydrogen-bond donors (Lipinski definition) is 2. The van der Waals surface area contributed by atoms with Gasteiger partial charge in [-0.3, -0.25) is 4.79 Å². The molecule has 0 aliphatic heterocycles. The van der Waals surface area contributed by atoms with E-state index < -0.39 is 0 Å². The molecule has 3 N–H and O–H groups in total. The summed E-state index contributed by atoms with van der Waals surface area (Å²) in [6, 6.07) is 0. The van der Waals surface area contributed by atoms with E-state index in [4.69, 9.17) is 18.0 Å². The molecule has 1 atom stereocenters. The molecule has 0 fully saturated rings. The number of thioether (sulfide) groups is 1. The van der Waals surface area contributed by atoms with Crippen LogP contribution in [0, 0.1) is 5.92 Å². The highest BCUT2D eigenvalue weighted by Crippen LogP contribution is 2.19. The summed E-state index contributed by atoms with van der Waals surface area (Å²) in [5.74, 6) is -0.484. The molecule has 0 aromatic rings. The summed E-state index contributed by atoms with van der Waals surface area (Å²) in [6.45, 7) is 6.48. The van der Waals surface area contributed by atoms with Gasteiger partial charge in [0.15, 0.2) is 0 Å². The third kappa shape index (κ3) is 4.81. The molecule has 0 bridgehead atoms. The van der Waals surface area contributed by atoms with Crippen LogP contribution in [0.2, 0.25) is 0 Å². The van der Waals surface area contributed by atoms with Crippen LogP contribution in [0.25, 0.3) is 0 Å². The molecular weight excluding hydrogens is 216 g/mol. The molecule has 82 valence electrons. The van der Waals surface area contributed by atoms with Crippen LogP contribution in [0.3, 0.4) is 0 Å². The first-order valence-corrected chi connectivity index (χ1v) is 6.05. The Morgan fingerprint density at radius 2 is 2.14 bits per heavy atom. The minimum absolute atomic E-state index is 0.0472. The van der Waals surface area contributed by atoms with Crippen molar-refractivity contribution in [3.8, 4) is 0 Å². The first-order chi connectivity index (χ1) is 6.30. The van der Waals surface area contributed by atoms with Crippen LogP contribution >= 0.6 is 24.0 Å². The second kappa shape index (κ2) is 5.56.